The minimum absolute atomic E-state index is 0.0365. The van der Waals surface area contributed by atoms with E-state index >= 15 is 0 Å². The standard InChI is InChI=1S/C11H14BrFO2/c1-11(2,6-14)7-4-8(12)10(15-3)9(13)5-7/h4-5,14H,6H2,1-3H3. The molecule has 0 radical (unpaired) electrons. The third-order valence-electron chi connectivity index (χ3n) is 2.38. The van der Waals surface area contributed by atoms with Crippen LogP contribution >= 0.6 is 15.9 Å². The van der Waals surface area contributed by atoms with Crippen LogP contribution in [-0.4, -0.2) is 18.8 Å². The number of aliphatic hydroxyl groups is 1. The van der Waals surface area contributed by atoms with Crippen LogP contribution in [0.1, 0.15) is 19.4 Å². The highest BCUT2D eigenvalue weighted by atomic mass is 79.9. The van der Waals surface area contributed by atoms with Gasteiger partial charge in [-0.05, 0) is 33.6 Å². The quantitative estimate of drug-likeness (QED) is 0.920. The number of aliphatic hydroxyl groups excluding tert-OH is 1. The Kier molecular flexibility index (Phi) is 3.73. The van der Waals surface area contributed by atoms with E-state index in [1.165, 1.54) is 13.2 Å². The number of benzene rings is 1. The van der Waals surface area contributed by atoms with Crippen LogP contribution in [0, 0.1) is 5.82 Å². The van der Waals surface area contributed by atoms with E-state index in [4.69, 9.17) is 4.74 Å². The molecule has 0 spiro atoms. The Morgan fingerprint density at radius 3 is 2.47 bits per heavy atom. The second-order valence-corrected chi connectivity index (χ2v) is 4.87. The summed E-state index contributed by atoms with van der Waals surface area (Å²) in [5.41, 5.74) is 0.269. The molecular weight excluding hydrogens is 263 g/mol. The van der Waals surface area contributed by atoms with Crippen LogP contribution in [0.5, 0.6) is 5.75 Å². The lowest BCUT2D eigenvalue weighted by atomic mass is 9.85. The zero-order valence-electron chi connectivity index (χ0n) is 8.97. The lowest BCUT2D eigenvalue weighted by Gasteiger charge is -2.23. The van der Waals surface area contributed by atoms with Crippen molar-refractivity contribution >= 4 is 15.9 Å². The largest absolute Gasteiger partial charge is 0.492 e. The van der Waals surface area contributed by atoms with E-state index in [0.717, 1.165) is 5.56 Å². The van der Waals surface area contributed by atoms with Gasteiger partial charge in [0.2, 0.25) is 0 Å². The summed E-state index contributed by atoms with van der Waals surface area (Å²) in [4.78, 5) is 0. The minimum Gasteiger partial charge on any atom is -0.492 e. The maximum Gasteiger partial charge on any atom is 0.168 e. The Morgan fingerprint density at radius 2 is 2.07 bits per heavy atom. The molecule has 4 heteroatoms. The molecule has 0 amide bonds. The van der Waals surface area contributed by atoms with Crippen molar-refractivity contribution < 1.29 is 14.2 Å². The second-order valence-electron chi connectivity index (χ2n) is 4.02. The third-order valence-corrected chi connectivity index (χ3v) is 2.97. The molecule has 0 fully saturated rings. The van der Waals surface area contributed by atoms with Gasteiger partial charge in [0.1, 0.15) is 0 Å². The smallest absolute Gasteiger partial charge is 0.168 e. The Morgan fingerprint density at radius 1 is 1.47 bits per heavy atom. The normalized spacial score (nSPS) is 11.6. The molecule has 0 saturated heterocycles. The van der Waals surface area contributed by atoms with Crippen LogP contribution in [0.15, 0.2) is 16.6 Å². The molecule has 84 valence electrons. The van der Waals surface area contributed by atoms with Gasteiger partial charge in [-0.1, -0.05) is 13.8 Å². The first-order valence-electron chi connectivity index (χ1n) is 4.56. The highest BCUT2D eigenvalue weighted by Crippen LogP contribution is 2.33. The molecule has 2 nitrogen and oxygen atoms in total. The summed E-state index contributed by atoms with van der Waals surface area (Å²) in [5, 5.41) is 9.19. The van der Waals surface area contributed by atoms with Gasteiger partial charge in [-0.25, -0.2) is 4.39 Å². The molecule has 0 heterocycles. The van der Waals surface area contributed by atoms with Crippen LogP contribution in [-0.2, 0) is 5.41 Å². The fourth-order valence-corrected chi connectivity index (χ4v) is 1.83. The number of hydrogen-bond donors (Lipinski definition) is 1. The van der Waals surface area contributed by atoms with Crippen molar-refractivity contribution in [3.8, 4) is 5.75 Å². The van der Waals surface area contributed by atoms with E-state index in [-0.39, 0.29) is 12.4 Å². The molecule has 0 aliphatic heterocycles. The fourth-order valence-electron chi connectivity index (χ4n) is 1.24. The minimum atomic E-state index is -0.463. The van der Waals surface area contributed by atoms with Crippen LogP contribution in [0.2, 0.25) is 0 Å². The SMILES string of the molecule is COc1c(F)cc(C(C)(C)CO)cc1Br. The predicted octanol–water partition coefficient (Wildman–Crippen LogP) is 2.87. The summed E-state index contributed by atoms with van der Waals surface area (Å²) in [5.74, 6) is -0.240. The number of hydrogen-bond acceptors (Lipinski definition) is 2. The first-order chi connectivity index (χ1) is 6.92. The summed E-state index contributed by atoms with van der Waals surface area (Å²) < 4.78 is 19.0. The number of ether oxygens (including phenoxy) is 1. The molecule has 0 saturated carbocycles. The summed E-state index contributed by atoms with van der Waals surface area (Å²) >= 11 is 3.23. The van der Waals surface area contributed by atoms with E-state index in [1.54, 1.807) is 6.07 Å². The van der Waals surface area contributed by atoms with Gasteiger partial charge in [0.15, 0.2) is 11.6 Å². The van der Waals surface area contributed by atoms with Gasteiger partial charge in [0.05, 0.1) is 18.2 Å². The lowest BCUT2D eigenvalue weighted by molar-refractivity contribution is 0.218. The van der Waals surface area contributed by atoms with Crippen molar-refractivity contribution in [2.24, 2.45) is 0 Å². The van der Waals surface area contributed by atoms with Gasteiger partial charge in [0.25, 0.3) is 0 Å². The monoisotopic (exact) mass is 276 g/mol. The summed E-state index contributed by atoms with van der Waals surface area (Å²) in [7, 11) is 1.42. The van der Waals surface area contributed by atoms with Crippen LogP contribution in [0.4, 0.5) is 4.39 Å². The molecule has 1 rings (SSSR count). The molecule has 0 bridgehead atoms. The Hall–Kier alpha value is -0.610. The molecular formula is C11H14BrFO2. The maximum atomic E-state index is 13.5. The highest BCUT2D eigenvalue weighted by molar-refractivity contribution is 9.10. The van der Waals surface area contributed by atoms with E-state index in [9.17, 15) is 9.50 Å². The Labute approximate surface area is 97.2 Å². The summed E-state index contributed by atoms with van der Waals surface area (Å²) in [6.07, 6.45) is 0. The average molecular weight is 277 g/mol. The van der Waals surface area contributed by atoms with Gasteiger partial charge in [-0.3, -0.25) is 0 Å². The zero-order chi connectivity index (χ0) is 11.6. The van der Waals surface area contributed by atoms with Crippen LogP contribution in [0.3, 0.4) is 0 Å². The van der Waals surface area contributed by atoms with Gasteiger partial charge < -0.3 is 9.84 Å². The van der Waals surface area contributed by atoms with E-state index in [2.05, 4.69) is 15.9 Å². The second kappa shape index (κ2) is 4.49. The molecule has 0 atom stereocenters. The number of methoxy groups -OCH3 is 1. The zero-order valence-corrected chi connectivity index (χ0v) is 10.6. The van der Waals surface area contributed by atoms with Crippen molar-refractivity contribution in [1.29, 1.82) is 0 Å². The van der Waals surface area contributed by atoms with Crippen molar-refractivity contribution in [2.75, 3.05) is 13.7 Å². The first kappa shape index (κ1) is 12.5. The molecule has 1 N–H and O–H groups in total. The van der Waals surface area contributed by atoms with Crippen molar-refractivity contribution in [1.82, 2.24) is 0 Å². The van der Waals surface area contributed by atoms with Gasteiger partial charge in [-0.2, -0.15) is 0 Å². The van der Waals surface area contributed by atoms with E-state index < -0.39 is 11.2 Å². The molecule has 1 aromatic carbocycles. The van der Waals surface area contributed by atoms with E-state index in [0.29, 0.717) is 4.47 Å². The molecule has 15 heavy (non-hydrogen) atoms. The molecule has 0 aliphatic rings. The fraction of sp³-hybridized carbons (Fsp3) is 0.455. The summed E-state index contributed by atoms with van der Waals surface area (Å²) in [6, 6.07) is 3.15. The van der Waals surface area contributed by atoms with Gasteiger partial charge >= 0.3 is 0 Å². The van der Waals surface area contributed by atoms with Crippen molar-refractivity contribution in [2.45, 2.75) is 19.3 Å². The molecule has 0 unspecified atom stereocenters. The first-order valence-corrected chi connectivity index (χ1v) is 5.36. The third kappa shape index (κ3) is 2.49. The topological polar surface area (TPSA) is 29.5 Å². The number of halogens is 2. The molecule has 0 aliphatic carbocycles. The molecule has 1 aromatic rings. The number of rotatable bonds is 3. The molecule has 0 aromatic heterocycles. The van der Waals surface area contributed by atoms with Gasteiger partial charge in [0, 0.05) is 5.41 Å². The van der Waals surface area contributed by atoms with Gasteiger partial charge in [-0.15, -0.1) is 0 Å². The maximum absolute atomic E-state index is 13.5. The highest BCUT2D eigenvalue weighted by Gasteiger charge is 2.22. The van der Waals surface area contributed by atoms with Crippen molar-refractivity contribution in [3.05, 3.63) is 28.0 Å². The van der Waals surface area contributed by atoms with Crippen LogP contribution < -0.4 is 4.74 Å². The predicted molar refractivity (Wildman–Crippen MR) is 60.8 cm³/mol. The van der Waals surface area contributed by atoms with Crippen molar-refractivity contribution in [3.63, 3.8) is 0 Å². The Balaban J connectivity index is 3.26. The lowest BCUT2D eigenvalue weighted by Crippen LogP contribution is -2.22. The summed E-state index contributed by atoms with van der Waals surface area (Å²) in [6.45, 7) is 3.66. The Bertz CT molecular complexity index is 341. The van der Waals surface area contributed by atoms with Crippen LogP contribution in [0.25, 0.3) is 0 Å². The average Bonchev–Trinajstić information content (AvgIpc) is 2.17. The van der Waals surface area contributed by atoms with E-state index in [1.807, 2.05) is 13.8 Å².